The summed E-state index contributed by atoms with van der Waals surface area (Å²) >= 11 is 0. The number of aromatic amines is 1. The van der Waals surface area contributed by atoms with Crippen molar-refractivity contribution in [3.8, 4) is 17.0 Å². The van der Waals surface area contributed by atoms with Gasteiger partial charge in [-0.3, -0.25) is 0 Å². The number of rotatable bonds is 5. The topological polar surface area (TPSA) is 49.9 Å². The number of likely N-dealkylation sites (N-methyl/N-ethyl adjacent to an activating group) is 1. The molecule has 0 radical (unpaired) electrons. The summed E-state index contributed by atoms with van der Waals surface area (Å²) in [5, 5.41) is 3.10. The maximum atomic E-state index is 5.20. The number of nitrogens with one attached hydrogen (secondary N) is 2. The van der Waals surface area contributed by atoms with Gasteiger partial charge in [0.15, 0.2) is 0 Å². The van der Waals surface area contributed by atoms with Crippen LogP contribution >= 0.6 is 0 Å². The van der Waals surface area contributed by atoms with Crippen molar-refractivity contribution < 1.29 is 4.74 Å². The van der Waals surface area contributed by atoms with Gasteiger partial charge in [0.1, 0.15) is 11.6 Å². The summed E-state index contributed by atoms with van der Waals surface area (Å²) in [5.41, 5.74) is 2.11. The van der Waals surface area contributed by atoms with Gasteiger partial charge in [-0.1, -0.05) is 12.1 Å². The molecule has 0 amide bonds. The van der Waals surface area contributed by atoms with E-state index in [4.69, 9.17) is 4.74 Å². The molecule has 0 aliphatic rings. The largest absolute Gasteiger partial charge is 0.497 e. The Hall–Kier alpha value is -1.81. The number of hydrogen-bond donors (Lipinski definition) is 2. The van der Waals surface area contributed by atoms with Crippen molar-refractivity contribution in [1.82, 2.24) is 15.3 Å². The second-order valence-electron chi connectivity index (χ2n) is 3.83. The van der Waals surface area contributed by atoms with Crippen LogP contribution in [0.1, 0.15) is 5.82 Å². The van der Waals surface area contributed by atoms with Crippen molar-refractivity contribution in [1.29, 1.82) is 0 Å². The molecule has 0 fully saturated rings. The van der Waals surface area contributed by atoms with Gasteiger partial charge >= 0.3 is 0 Å². The number of nitrogens with zero attached hydrogens (tertiary/aromatic N) is 1. The molecule has 0 spiro atoms. The standard InChI is InChI=1S/C13H17N3O/c1-14-7-6-13-15-9-12(16-13)10-4-3-5-11(8-10)17-2/h3-5,8-9,14H,6-7H2,1-2H3,(H,15,16). The van der Waals surface area contributed by atoms with Crippen LogP contribution in [0.3, 0.4) is 0 Å². The summed E-state index contributed by atoms with van der Waals surface area (Å²) in [6.45, 7) is 0.922. The fraction of sp³-hybridized carbons (Fsp3) is 0.308. The summed E-state index contributed by atoms with van der Waals surface area (Å²) in [4.78, 5) is 7.66. The predicted molar refractivity (Wildman–Crippen MR) is 68.2 cm³/mol. The van der Waals surface area contributed by atoms with E-state index in [-0.39, 0.29) is 0 Å². The van der Waals surface area contributed by atoms with Crippen LogP contribution < -0.4 is 10.1 Å². The van der Waals surface area contributed by atoms with Crippen molar-refractivity contribution in [2.45, 2.75) is 6.42 Å². The molecule has 0 aliphatic carbocycles. The van der Waals surface area contributed by atoms with Crippen LogP contribution in [-0.4, -0.2) is 30.7 Å². The van der Waals surface area contributed by atoms with Crippen molar-refractivity contribution >= 4 is 0 Å². The van der Waals surface area contributed by atoms with E-state index >= 15 is 0 Å². The Bertz CT molecular complexity index is 479. The molecular formula is C13H17N3O. The molecule has 90 valence electrons. The van der Waals surface area contributed by atoms with Crippen LogP contribution in [0.2, 0.25) is 0 Å². The molecular weight excluding hydrogens is 214 g/mol. The maximum Gasteiger partial charge on any atom is 0.119 e. The molecule has 4 heteroatoms. The number of methoxy groups -OCH3 is 1. The van der Waals surface area contributed by atoms with Gasteiger partial charge in [-0.2, -0.15) is 0 Å². The molecule has 17 heavy (non-hydrogen) atoms. The minimum atomic E-state index is 0.855. The van der Waals surface area contributed by atoms with E-state index in [2.05, 4.69) is 15.3 Å². The van der Waals surface area contributed by atoms with E-state index in [1.165, 1.54) is 0 Å². The molecule has 0 bridgehead atoms. The highest BCUT2D eigenvalue weighted by molar-refractivity contribution is 5.60. The predicted octanol–water partition coefficient (Wildman–Crippen LogP) is 1.85. The van der Waals surface area contributed by atoms with Crippen molar-refractivity contribution in [3.63, 3.8) is 0 Å². The highest BCUT2D eigenvalue weighted by Gasteiger charge is 2.03. The lowest BCUT2D eigenvalue weighted by Crippen LogP contribution is -2.10. The number of H-pyrrole nitrogens is 1. The van der Waals surface area contributed by atoms with Gasteiger partial charge in [0.2, 0.25) is 0 Å². The monoisotopic (exact) mass is 231 g/mol. The molecule has 1 aromatic heterocycles. The summed E-state index contributed by atoms with van der Waals surface area (Å²) in [6.07, 6.45) is 2.76. The fourth-order valence-electron chi connectivity index (χ4n) is 1.67. The van der Waals surface area contributed by atoms with Crippen molar-refractivity contribution in [3.05, 3.63) is 36.3 Å². The Morgan fingerprint density at radius 1 is 1.41 bits per heavy atom. The minimum Gasteiger partial charge on any atom is -0.497 e. The average molecular weight is 231 g/mol. The van der Waals surface area contributed by atoms with Crippen molar-refractivity contribution in [2.24, 2.45) is 0 Å². The minimum absolute atomic E-state index is 0.855. The second kappa shape index (κ2) is 5.50. The number of aromatic nitrogens is 2. The van der Waals surface area contributed by atoms with E-state index < -0.39 is 0 Å². The Morgan fingerprint density at radius 2 is 2.29 bits per heavy atom. The van der Waals surface area contributed by atoms with Gasteiger partial charge < -0.3 is 15.0 Å². The first-order valence-corrected chi connectivity index (χ1v) is 5.66. The normalized spacial score (nSPS) is 10.5. The van der Waals surface area contributed by atoms with E-state index in [0.29, 0.717) is 0 Å². The molecule has 1 aromatic carbocycles. The third kappa shape index (κ3) is 2.85. The van der Waals surface area contributed by atoms with Crippen molar-refractivity contribution in [2.75, 3.05) is 20.7 Å². The smallest absolute Gasteiger partial charge is 0.119 e. The molecule has 0 aliphatic heterocycles. The van der Waals surface area contributed by atoms with Gasteiger partial charge in [-0.05, 0) is 19.2 Å². The van der Waals surface area contributed by atoms with E-state index in [1.54, 1.807) is 7.11 Å². The fourth-order valence-corrected chi connectivity index (χ4v) is 1.67. The molecule has 0 saturated heterocycles. The summed E-state index contributed by atoms with van der Waals surface area (Å²) < 4.78 is 5.20. The van der Waals surface area contributed by atoms with Gasteiger partial charge in [0.05, 0.1) is 19.0 Å². The van der Waals surface area contributed by atoms with E-state index in [9.17, 15) is 0 Å². The quantitative estimate of drug-likeness (QED) is 0.825. The zero-order valence-electron chi connectivity index (χ0n) is 10.2. The van der Waals surface area contributed by atoms with E-state index in [0.717, 1.165) is 35.8 Å². The van der Waals surface area contributed by atoms with Crippen LogP contribution in [-0.2, 0) is 6.42 Å². The van der Waals surface area contributed by atoms with Crippen LogP contribution in [0.25, 0.3) is 11.3 Å². The Balaban J connectivity index is 2.18. The first-order valence-electron chi connectivity index (χ1n) is 5.66. The number of ether oxygens (including phenoxy) is 1. The Kier molecular flexibility index (Phi) is 3.77. The molecule has 0 unspecified atom stereocenters. The van der Waals surface area contributed by atoms with E-state index in [1.807, 2.05) is 37.5 Å². The molecule has 0 saturated carbocycles. The third-order valence-corrected chi connectivity index (χ3v) is 2.62. The lowest BCUT2D eigenvalue weighted by Gasteiger charge is -2.02. The summed E-state index contributed by atoms with van der Waals surface area (Å²) in [5.74, 6) is 1.85. The molecule has 2 N–H and O–H groups in total. The van der Waals surface area contributed by atoms with Crippen LogP contribution in [0, 0.1) is 0 Å². The zero-order valence-corrected chi connectivity index (χ0v) is 10.2. The average Bonchev–Trinajstić information content (AvgIpc) is 2.85. The maximum absolute atomic E-state index is 5.20. The highest BCUT2D eigenvalue weighted by Crippen LogP contribution is 2.22. The molecule has 1 heterocycles. The molecule has 2 aromatic rings. The number of benzene rings is 1. The highest BCUT2D eigenvalue weighted by atomic mass is 16.5. The lowest BCUT2D eigenvalue weighted by atomic mass is 10.1. The molecule has 4 nitrogen and oxygen atoms in total. The van der Waals surface area contributed by atoms with Gasteiger partial charge in [0.25, 0.3) is 0 Å². The SMILES string of the molecule is CNCCc1ncc(-c2cccc(OC)c2)[nH]1. The summed E-state index contributed by atoms with van der Waals surface area (Å²) in [6, 6.07) is 7.94. The molecule has 0 atom stereocenters. The third-order valence-electron chi connectivity index (χ3n) is 2.62. The van der Waals surface area contributed by atoms with Crippen LogP contribution in [0.15, 0.2) is 30.5 Å². The second-order valence-corrected chi connectivity index (χ2v) is 3.83. The summed E-state index contributed by atoms with van der Waals surface area (Å²) in [7, 11) is 3.61. The van der Waals surface area contributed by atoms with Gasteiger partial charge in [0, 0.05) is 18.5 Å². The van der Waals surface area contributed by atoms with Gasteiger partial charge in [-0.25, -0.2) is 4.98 Å². The number of imidazole rings is 1. The lowest BCUT2D eigenvalue weighted by molar-refractivity contribution is 0.415. The molecule has 2 rings (SSSR count). The first-order chi connectivity index (χ1) is 8.33. The zero-order chi connectivity index (χ0) is 12.1. The first kappa shape index (κ1) is 11.7. The Morgan fingerprint density at radius 3 is 3.06 bits per heavy atom. The van der Waals surface area contributed by atoms with Crippen LogP contribution in [0.4, 0.5) is 0 Å². The number of hydrogen-bond acceptors (Lipinski definition) is 3. The van der Waals surface area contributed by atoms with Gasteiger partial charge in [-0.15, -0.1) is 0 Å². The Labute approximate surface area is 101 Å². The van der Waals surface area contributed by atoms with Crippen LogP contribution in [0.5, 0.6) is 5.75 Å².